The molecule has 1 fully saturated rings. The first kappa shape index (κ1) is 9.75. The lowest BCUT2D eigenvalue weighted by atomic mass is 9.99. The van der Waals surface area contributed by atoms with E-state index in [0.717, 1.165) is 19.6 Å². The van der Waals surface area contributed by atoms with Crippen molar-refractivity contribution in [3.8, 4) is 0 Å². The molecule has 0 saturated carbocycles. The molecule has 1 aliphatic rings. The largest absolute Gasteiger partial charge is 0.384 e. The predicted octanol–water partition coefficient (Wildman–Crippen LogP) is 1.72. The Bertz CT molecular complexity index is 155. The molecule has 1 saturated heterocycles. The molecule has 0 bridgehead atoms. The van der Waals surface area contributed by atoms with Crippen molar-refractivity contribution in [2.24, 2.45) is 0 Å². The minimum atomic E-state index is 0.856. The molecule has 1 heterocycles. The number of hydrogen-bond donors (Lipinski definition) is 1. The molecule has 1 rings (SSSR count). The van der Waals surface area contributed by atoms with Crippen LogP contribution in [0.5, 0.6) is 0 Å². The minimum absolute atomic E-state index is 0.856. The van der Waals surface area contributed by atoms with E-state index in [1.165, 1.54) is 25.0 Å². The van der Waals surface area contributed by atoms with E-state index in [-0.39, 0.29) is 0 Å². The summed E-state index contributed by atoms with van der Waals surface area (Å²) < 4.78 is 5.05. The van der Waals surface area contributed by atoms with Gasteiger partial charge in [-0.05, 0) is 32.7 Å². The smallest absolute Gasteiger partial charge is 0.0499 e. The summed E-state index contributed by atoms with van der Waals surface area (Å²) in [7, 11) is 1.76. The van der Waals surface area contributed by atoms with Crippen molar-refractivity contribution in [2.75, 3.05) is 26.8 Å². The molecule has 0 spiro atoms. The Morgan fingerprint density at radius 1 is 1.58 bits per heavy atom. The van der Waals surface area contributed by atoms with E-state index < -0.39 is 0 Å². The summed E-state index contributed by atoms with van der Waals surface area (Å²) in [6, 6.07) is 0. The second-order valence-electron chi connectivity index (χ2n) is 3.41. The maximum Gasteiger partial charge on any atom is 0.0499 e. The Kier molecular flexibility index (Phi) is 4.33. The van der Waals surface area contributed by atoms with Crippen LogP contribution in [0.15, 0.2) is 11.1 Å². The van der Waals surface area contributed by atoms with Crippen molar-refractivity contribution in [3.05, 3.63) is 11.1 Å². The van der Waals surface area contributed by atoms with Crippen molar-refractivity contribution in [2.45, 2.75) is 26.2 Å². The molecule has 0 aromatic rings. The minimum Gasteiger partial charge on any atom is -0.384 e. The highest BCUT2D eigenvalue weighted by atomic mass is 16.5. The van der Waals surface area contributed by atoms with Gasteiger partial charge in [-0.3, -0.25) is 0 Å². The van der Waals surface area contributed by atoms with Crippen LogP contribution in [0.4, 0.5) is 0 Å². The van der Waals surface area contributed by atoms with Crippen molar-refractivity contribution in [1.82, 2.24) is 5.32 Å². The van der Waals surface area contributed by atoms with Gasteiger partial charge in [-0.15, -0.1) is 0 Å². The Morgan fingerprint density at radius 2 is 2.42 bits per heavy atom. The summed E-state index contributed by atoms with van der Waals surface area (Å²) in [6.45, 7) is 5.35. The van der Waals surface area contributed by atoms with E-state index in [1.807, 2.05) is 0 Å². The van der Waals surface area contributed by atoms with Gasteiger partial charge in [0.05, 0.1) is 0 Å². The lowest BCUT2D eigenvalue weighted by Gasteiger charge is -2.18. The van der Waals surface area contributed by atoms with Gasteiger partial charge in [0, 0.05) is 20.3 Å². The molecule has 0 aromatic carbocycles. The van der Waals surface area contributed by atoms with Crippen molar-refractivity contribution >= 4 is 0 Å². The molecule has 70 valence electrons. The Morgan fingerprint density at radius 3 is 3.00 bits per heavy atom. The molecule has 1 N–H and O–H groups in total. The number of nitrogens with one attached hydrogen (secondary N) is 1. The fourth-order valence-electron chi connectivity index (χ4n) is 1.55. The molecule has 0 aromatic heterocycles. The number of methoxy groups -OCH3 is 1. The first-order valence-electron chi connectivity index (χ1n) is 4.71. The van der Waals surface area contributed by atoms with Crippen molar-refractivity contribution in [3.63, 3.8) is 0 Å². The summed E-state index contributed by atoms with van der Waals surface area (Å²) in [5, 5.41) is 3.39. The Hall–Kier alpha value is -0.340. The van der Waals surface area contributed by atoms with Crippen LogP contribution in [0.3, 0.4) is 0 Å². The molecular weight excluding hydrogens is 150 g/mol. The van der Waals surface area contributed by atoms with E-state index in [1.54, 1.807) is 12.7 Å². The van der Waals surface area contributed by atoms with Crippen LogP contribution in [-0.4, -0.2) is 26.8 Å². The van der Waals surface area contributed by atoms with Crippen LogP contribution < -0.4 is 5.32 Å². The Labute approximate surface area is 75.0 Å². The van der Waals surface area contributed by atoms with Crippen LogP contribution in [0.1, 0.15) is 26.2 Å². The number of piperidine rings is 1. The number of ether oxygens (including phenoxy) is 1. The molecule has 0 radical (unpaired) electrons. The lowest BCUT2D eigenvalue weighted by Crippen LogP contribution is -2.24. The van der Waals surface area contributed by atoms with Gasteiger partial charge in [0.15, 0.2) is 0 Å². The maximum atomic E-state index is 5.05. The zero-order valence-electron chi connectivity index (χ0n) is 8.15. The molecule has 0 amide bonds. The second-order valence-corrected chi connectivity index (χ2v) is 3.41. The molecule has 0 aliphatic carbocycles. The van der Waals surface area contributed by atoms with Gasteiger partial charge in [-0.1, -0.05) is 11.1 Å². The molecule has 0 atom stereocenters. The van der Waals surface area contributed by atoms with Gasteiger partial charge in [0.25, 0.3) is 0 Å². The second kappa shape index (κ2) is 5.33. The van der Waals surface area contributed by atoms with E-state index in [9.17, 15) is 0 Å². The van der Waals surface area contributed by atoms with E-state index >= 15 is 0 Å². The normalized spacial score (nSPS) is 22.5. The SMILES string of the molecule is COCCC(C)=C1CCCNC1. The predicted molar refractivity (Wildman–Crippen MR) is 51.3 cm³/mol. The molecule has 2 heteroatoms. The summed E-state index contributed by atoms with van der Waals surface area (Å²) >= 11 is 0. The molecular formula is C10H19NO. The van der Waals surface area contributed by atoms with Crippen LogP contribution >= 0.6 is 0 Å². The average molecular weight is 169 g/mol. The maximum absolute atomic E-state index is 5.05. The standard InChI is InChI=1S/C10H19NO/c1-9(5-7-12-2)10-4-3-6-11-8-10/h11H,3-8H2,1-2H3. The van der Waals surface area contributed by atoms with Crippen LogP contribution in [0.25, 0.3) is 0 Å². The zero-order chi connectivity index (χ0) is 8.81. The quantitative estimate of drug-likeness (QED) is 0.650. The van der Waals surface area contributed by atoms with Crippen LogP contribution in [0.2, 0.25) is 0 Å². The summed E-state index contributed by atoms with van der Waals surface area (Å²) in [5.74, 6) is 0. The fourth-order valence-corrected chi connectivity index (χ4v) is 1.55. The zero-order valence-corrected chi connectivity index (χ0v) is 8.15. The highest BCUT2D eigenvalue weighted by Gasteiger charge is 2.06. The van der Waals surface area contributed by atoms with Gasteiger partial charge < -0.3 is 10.1 Å². The van der Waals surface area contributed by atoms with Gasteiger partial charge in [-0.25, -0.2) is 0 Å². The summed E-state index contributed by atoms with van der Waals surface area (Å²) in [4.78, 5) is 0. The van der Waals surface area contributed by atoms with Crippen molar-refractivity contribution < 1.29 is 4.74 Å². The topological polar surface area (TPSA) is 21.3 Å². The molecule has 1 aliphatic heterocycles. The van der Waals surface area contributed by atoms with Crippen LogP contribution in [-0.2, 0) is 4.74 Å². The average Bonchev–Trinajstić information content (AvgIpc) is 2.15. The van der Waals surface area contributed by atoms with Crippen LogP contribution in [0, 0.1) is 0 Å². The third-order valence-corrected chi connectivity index (χ3v) is 2.46. The van der Waals surface area contributed by atoms with E-state index in [2.05, 4.69) is 12.2 Å². The summed E-state index contributed by atoms with van der Waals surface area (Å²) in [6.07, 6.45) is 3.66. The van der Waals surface area contributed by atoms with Gasteiger partial charge in [0.2, 0.25) is 0 Å². The lowest BCUT2D eigenvalue weighted by molar-refractivity contribution is 0.202. The highest BCUT2D eigenvalue weighted by Crippen LogP contribution is 2.15. The number of rotatable bonds is 3. The molecule has 12 heavy (non-hydrogen) atoms. The third-order valence-electron chi connectivity index (χ3n) is 2.46. The Balaban J connectivity index is 2.37. The summed E-state index contributed by atoms with van der Waals surface area (Å²) in [5.41, 5.74) is 3.11. The van der Waals surface area contributed by atoms with E-state index in [4.69, 9.17) is 4.74 Å². The monoisotopic (exact) mass is 169 g/mol. The molecule has 0 unspecified atom stereocenters. The van der Waals surface area contributed by atoms with Crippen molar-refractivity contribution in [1.29, 1.82) is 0 Å². The van der Waals surface area contributed by atoms with Gasteiger partial charge in [-0.2, -0.15) is 0 Å². The molecule has 2 nitrogen and oxygen atoms in total. The highest BCUT2D eigenvalue weighted by molar-refractivity contribution is 5.15. The number of hydrogen-bond acceptors (Lipinski definition) is 2. The first-order valence-corrected chi connectivity index (χ1v) is 4.71. The van der Waals surface area contributed by atoms with E-state index in [0.29, 0.717) is 0 Å². The van der Waals surface area contributed by atoms with Gasteiger partial charge in [0.1, 0.15) is 0 Å². The fraction of sp³-hybridized carbons (Fsp3) is 0.800. The first-order chi connectivity index (χ1) is 5.84. The van der Waals surface area contributed by atoms with Gasteiger partial charge >= 0.3 is 0 Å². The third kappa shape index (κ3) is 2.95.